The van der Waals surface area contributed by atoms with Gasteiger partial charge in [0, 0.05) is 5.97 Å². The molecule has 39 heteroatoms. The number of hydrogen-bond donors (Lipinski definition) is 20. The number of esters is 1. The van der Waals surface area contributed by atoms with Crippen LogP contribution in [0, 0.1) is 0 Å². The Kier molecular flexibility index (Phi) is 26.3. The second kappa shape index (κ2) is 31.2. The molecular formula is C46H73KO38. The molecule has 21 aliphatic rings. The predicted octanol–water partition coefficient (Wildman–Crippen LogP) is -19.1. The van der Waals surface area contributed by atoms with Gasteiger partial charge in [-0.05, 0) is 6.42 Å². The van der Waals surface area contributed by atoms with Crippen molar-refractivity contribution in [3.05, 3.63) is 0 Å². The number of ether oxygens (including phenoxy) is 15. The van der Waals surface area contributed by atoms with Crippen LogP contribution in [-0.4, -0.2) is 375 Å². The van der Waals surface area contributed by atoms with Crippen molar-refractivity contribution < 1.29 is 239 Å². The molecule has 20 N–H and O–H groups in total. The summed E-state index contributed by atoms with van der Waals surface area (Å²) >= 11 is 0. The van der Waals surface area contributed by atoms with Crippen molar-refractivity contribution in [1.29, 1.82) is 0 Å². The Morgan fingerprint density at radius 3 is 0.635 bits per heavy atom. The smallest absolute Gasteiger partial charge is 0.550 e. The Hall–Kier alpha value is -0.784. The standard InChI is InChI=1S/C46H74O38.K/c47-3-10-33-20(57)27(64)41(72-10)80-35-12(5-49)74-43(29(66)22(35)59)82-37-14(7-51)76-45(31(68)24(37)61)84-39-16(9-70-18(55)2-1-17(53)54)77-46(32(69)25(39)62)83-38-15(8-52)75-44(30(67)23(38)60)81-36-13(6-50)73-42(28(65)21(36)58)79-34-11(4-48)71-40(78-33)26(63)19(34)56;/h10-16,19-52,56-69H,1-9H2,(H,53,54);/q;+1/p-1/t10-,11+,12-,13+,14-,15+,16+,19+,20+,21-,22+,23-,24+,25+,26+,27+,28-,29+,30+,31+,32+,33+,34+,35+,36+,37+,38+,39+,40+,41+,42+,43+,44+,45+,46+;/m0./s1. The minimum atomic E-state index is -2.33. The molecule has 486 valence electrons. The van der Waals surface area contributed by atoms with Crippen LogP contribution < -0.4 is 56.5 Å². The van der Waals surface area contributed by atoms with Crippen LogP contribution in [0.5, 0.6) is 0 Å². The molecule has 21 aliphatic heterocycles. The van der Waals surface area contributed by atoms with Crippen molar-refractivity contribution >= 4 is 11.9 Å². The fourth-order valence-corrected chi connectivity index (χ4v) is 10.9. The molecular weight excluding hydrogens is 1200 g/mol. The number of hydrogen-bond acceptors (Lipinski definition) is 38. The van der Waals surface area contributed by atoms with Crippen molar-refractivity contribution in [3.63, 3.8) is 0 Å². The Balaban J connectivity index is 0.0000104. The molecule has 21 rings (SSSR count). The van der Waals surface area contributed by atoms with Crippen LogP contribution >= 0.6 is 0 Å². The van der Waals surface area contributed by atoms with Crippen LogP contribution in [0.2, 0.25) is 0 Å². The zero-order chi connectivity index (χ0) is 61.3. The molecule has 38 nitrogen and oxygen atoms in total. The van der Waals surface area contributed by atoms with Crippen LogP contribution in [0.4, 0.5) is 0 Å². The summed E-state index contributed by atoms with van der Waals surface area (Å²) in [6, 6.07) is 0. The second-order valence-corrected chi connectivity index (χ2v) is 21.0. The number of rotatable bonds is 11. The number of carboxylic acid groups (broad SMARTS) is 1. The molecule has 0 aliphatic carbocycles. The minimum absolute atomic E-state index is 0. The van der Waals surface area contributed by atoms with E-state index in [0.29, 0.717) is 0 Å². The predicted molar refractivity (Wildman–Crippen MR) is 247 cm³/mol. The van der Waals surface area contributed by atoms with Crippen LogP contribution in [0.1, 0.15) is 12.8 Å². The van der Waals surface area contributed by atoms with Gasteiger partial charge in [0.15, 0.2) is 44.0 Å². The Morgan fingerprint density at radius 2 is 0.459 bits per heavy atom. The zero-order valence-corrected chi connectivity index (χ0v) is 48.0. The normalized spacial score (nSPS) is 51.0. The molecule has 35 atom stereocenters. The third-order valence-corrected chi connectivity index (χ3v) is 15.5. The summed E-state index contributed by atoms with van der Waals surface area (Å²) in [5.41, 5.74) is 0. The van der Waals surface area contributed by atoms with Crippen LogP contribution in [0.3, 0.4) is 0 Å². The van der Waals surface area contributed by atoms with Crippen molar-refractivity contribution in [2.45, 2.75) is 228 Å². The number of aliphatic hydroxyl groups is 20. The summed E-state index contributed by atoms with van der Waals surface area (Å²) in [6.45, 7) is -7.57. The first-order valence-electron chi connectivity index (χ1n) is 26.6. The van der Waals surface area contributed by atoms with E-state index in [1.54, 1.807) is 0 Å². The molecule has 14 bridgehead atoms. The average Bonchev–Trinajstić information content (AvgIpc) is 2.86. The molecule has 0 amide bonds. The van der Waals surface area contributed by atoms with Crippen molar-refractivity contribution in [3.8, 4) is 0 Å². The van der Waals surface area contributed by atoms with Crippen molar-refractivity contribution in [1.82, 2.24) is 0 Å². The average molecular weight is 1270 g/mol. The Morgan fingerprint density at radius 1 is 0.282 bits per heavy atom. The molecule has 0 aromatic heterocycles. The number of carbonyl (C=O) groups is 2. The molecule has 0 radical (unpaired) electrons. The van der Waals surface area contributed by atoms with E-state index in [2.05, 4.69) is 0 Å². The number of aliphatic carboxylic acids is 1. The zero-order valence-electron chi connectivity index (χ0n) is 44.9. The van der Waals surface area contributed by atoms with E-state index in [9.17, 15) is 117 Å². The fourth-order valence-electron chi connectivity index (χ4n) is 10.9. The summed E-state index contributed by atoms with van der Waals surface area (Å²) < 4.78 is 85.1. The molecule has 0 saturated carbocycles. The minimum Gasteiger partial charge on any atom is -0.550 e. The van der Waals surface area contributed by atoms with Crippen LogP contribution in [0.15, 0.2) is 0 Å². The monoisotopic (exact) mass is 1270 g/mol. The van der Waals surface area contributed by atoms with Gasteiger partial charge < -0.3 is 183 Å². The molecule has 85 heavy (non-hydrogen) atoms. The molecule has 21 heterocycles. The molecule has 0 spiro atoms. The SMILES string of the molecule is O=C([O-])CCC(=O)OC[C@H]1O[C@@H]2O[C@H]3[C@@H](O)[C@@H](O)[C@@H](O[C@H]4[C@@H](O)[C@H](O)[C@@H](O[C@H]5[C@H](O)[C@@H](O)[C@@H](O[C@H]6[C@H](O)[C@@H](O)[C@@H](O[C@H]7[C@H](O)[C@@H](O)[C@@H](O[C@H]8[C@H](O)[C@@H](O)[C@@H](O[C@H]1[C@H](O)[C@H]2O)O[C@H]8CO)O[C@H]7CO)O[C@H]6CO)O[C@@H]5CO)O[C@@H]4CO)O[C@@H]3CO.[K+]. The Labute approximate surface area is 522 Å². The van der Waals surface area contributed by atoms with Gasteiger partial charge in [0.25, 0.3) is 0 Å². The van der Waals surface area contributed by atoms with Gasteiger partial charge in [0.2, 0.25) is 0 Å². The maximum Gasteiger partial charge on any atom is 1.00 e. The second-order valence-electron chi connectivity index (χ2n) is 21.0. The van der Waals surface area contributed by atoms with Gasteiger partial charge >= 0.3 is 57.4 Å². The van der Waals surface area contributed by atoms with Crippen LogP contribution in [0.25, 0.3) is 0 Å². The molecule has 21 fully saturated rings. The molecule has 21 saturated heterocycles. The van der Waals surface area contributed by atoms with E-state index in [0.717, 1.165) is 0 Å². The van der Waals surface area contributed by atoms with Gasteiger partial charge in [-0.2, -0.15) is 0 Å². The topological polar surface area (TPSA) is 600 Å². The fraction of sp³-hybridized carbons (Fsp3) is 0.957. The van der Waals surface area contributed by atoms with Gasteiger partial charge in [-0.1, -0.05) is 0 Å². The molecule has 0 aromatic carbocycles. The van der Waals surface area contributed by atoms with E-state index in [-0.39, 0.29) is 51.4 Å². The third-order valence-electron chi connectivity index (χ3n) is 15.5. The summed E-state index contributed by atoms with van der Waals surface area (Å²) in [4.78, 5) is 23.7. The van der Waals surface area contributed by atoms with E-state index in [4.69, 9.17) is 71.1 Å². The summed E-state index contributed by atoms with van der Waals surface area (Å²) in [6.07, 6.45) is -74.4. The van der Waals surface area contributed by atoms with Gasteiger partial charge in [0.1, 0.15) is 178 Å². The molecule has 0 aromatic rings. The third kappa shape index (κ3) is 15.3. The first-order valence-corrected chi connectivity index (χ1v) is 26.6. The van der Waals surface area contributed by atoms with Gasteiger partial charge in [-0.25, -0.2) is 0 Å². The van der Waals surface area contributed by atoms with E-state index in [1.807, 2.05) is 0 Å². The van der Waals surface area contributed by atoms with Crippen molar-refractivity contribution in [2.24, 2.45) is 0 Å². The van der Waals surface area contributed by atoms with E-state index < -0.39 is 286 Å². The first-order chi connectivity index (χ1) is 39.9. The van der Waals surface area contributed by atoms with Gasteiger partial charge in [-0.3, -0.25) is 4.79 Å². The Bertz CT molecular complexity index is 2080. The quantitative estimate of drug-likeness (QED) is 0.0675. The van der Waals surface area contributed by atoms with Crippen LogP contribution in [-0.2, 0) is 80.6 Å². The maximum absolute atomic E-state index is 12.6. The summed E-state index contributed by atoms with van der Waals surface area (Å²) in [5.74, 6) is -2.85. The number of carbonyl (C=O) groups excluding carboxylic acids is 2. The summed E-state index contributed by atoms with van der Waals surface area (Å²) in [5, 5.41) is 233. The van der Waals surface area contributed by atoms with Crippen molar-refractivity contribution in [2.75, 3.05) is 46.2 Å². The first kappa shape index (κ1) is 71.7. The maximum atomic E-state index is 12.6. The van der Waals surface area contributed by atoms with E-state index >= 15 is 0 Å². The molecule has 0 unspecified atom stereocenters. The van der Waals surface area contributed by atoms with E-state index in [1.165, 1.54) is 0 Å². The van der Waals surface area contributed by atoms with Gasteiger partial charge in [0.05, 0.1) is 46.1 Å². The number of aliphatic hydroxyl groups excluding tert-OH is 20. The largest absolute Gasteiger partial charge is 1.00 e. The van der Waals surface area contributed by atoms with Gasteiger partial charge in [-0.15, -0.1) is 0 Å². The number of carboxylic acids is 1. The summed E-state index contributed by atoms with van der Waals surface area (Å²) in [7, 11) is 0.